The van der Waals surface area contributed by atoms with Gasteiger partial charge in [0.25, 0.3) is 0 Å². The van der Waals surface area contributed by atoms with Gasteiger partial charge in [-0.15, -0.1) is 0 Å². The Labute approximate surface area is 249 Å². The molecule has 7 rings (SSSR count). The smallest absolute Gasteiger partial charge is 0.131 e. The summed E-state index contributed by atoms with van der Waals surface area (Å²) in [5.74, 6) is 1.90. The summed E-state index contributed by atoms with van der Waals surface area (Å²) in [6.45, 7) is 0. The van der Waals surface area contributed by atoms with E-state index < -0.39 is 0 Å². The fourth-order valence-electron chi connectivity index (χ4n) is 6.71. The SMILES string of the molecule is C1=CCC(C2=CC(c3cccc(C4N=C(c5ccccc5)NC(c5ccccc5)N4)c3)CC(c3ccccc3)[NH2+]2)CC1. The molecule has 4 N–H and O–H groups in total. The summed E-state index contributed by atoms with van der Waals surface area (Å²) in [6, 6.07) is 41.7. The Morgan fingerprint density at radius 1 is 0.690 bits per heavy atom. The lowest BCUT2D eigenvalue weighted by molar-refractivity contribution is -0.661. The van der Waals surface area contributed by atoms with Gasteiger partial charge in [0.2, 0.25) is 0 Å². The molecule has 5 atom stereocenters. The van der Waals surface area contributed by atoms with Gasteiger partial charge in [-0.3, -0.25) is 5.32 Å². The number of aliphatic imine (C=N–C) groups is 1. The van der Waals surface area contributed by atoms with Crippen LogP contribution in [-0.4, -0.2) is 5.84 Å². The molecule has 1 aliphatic carbocycles. The number of benzene rings is 4. The van der Waals surface area contributed by atoms with Crippen LogP contribution in [-0.2, 0) is 0 Å². The van der Waals surface area contributed by atoms with Crippen LogP contribution in [0.15, 0.2) is 144 Å². The van der Waals surface area contributed by atoms with Crippen LogP contribution in [0.5, 0.6) is 0 Å². The second-order valence-electron chi connectivity index (χ2n) is 11.7. The number of nitrogens with zero attached hydrogens (tertiary/aromatic N) is 1. The van der Waals surface area contributed by atoms with Crippen molar-refractivity contribution in [2.75, 3.05) is 0 Å². The Kier molecular flexibility index (Phi) is 7.81. The summed E-state index contributed by atoms with van der Waals surface area (Å²) in [4.78, 5) is 5.20. The van der Waals surface area contributed by atoms with Crippen molar-refractivity contribution in [2.45, 2.75) is 50.0 Å². The first-order valence-corrected chi connectivity index (χ1v) is 15.4. The Bertz CT molecular complexity index is 1580. The van der Waals surface area contributed by atoms with E-state index in [0.717, 1.165) is 24.2 Å². The van der Waals surface area contributed by atoms with E-state index in [4.69, 9.17) is 4.99 Å². The number of rotatable bonds is 6. The lowest BCUT2D eigenvalue weighted by Gasteiger charge is -2.33. The van der Waals surface area contributed by atoms with Crippen molar-refractivity contribution < 1.29 is 5.32 Å². The molecule has 4 heteroatoms. The monoisotopic (exact) mass is 551 g/mol. The number of hydrogen-bond acceptors (Lipinski definition) is 3. The van der Waals surface area contributed by atoms with Gasteiger partial charge in [0, 0.05) is 29.4 Å². The summed E-state index contributed by atoms with van der Waals surface area (Å²) in [7, 11) is 0. The van der Waals surface area contributed by atoms with Crippen LogP contribution in [0.3, 0.4) is 0 Å². The van der Waals surface area contributed by atoms with Crippen LogP contribution < -0.4 is 16.0 Å². The quantitative estimate of drug-likeness (QED) is 0.225. The van der Waals surface area contributed by atoms with Crippen LogP contribution in [0.25, 0.3) is 0 Å². The fourth-order valence-corrected chi connectivity index (χ4v) is 6.71. The first kappa shape index (κ1) is 26.6. The Morgan fingerprint density at radius 2 is 1.38 bits per heavy atom. The predicted octanol–water partition coefficient (Wildman–Crippen LogP) is 7.06. The van der Waals surface area contributed by atoms with Gasteiger partial charge in [-0.05, 0) is 42.0 Å². The molecule has 2 heterocycles. The summed E-state index contributed by atoms with van der Waals surface area (Å²) in [6.07, 6.45) is 11.8. The van der Waals surface area contributed by atoms with E-state index in [9.17, 15) is 0 Å². The van der Waals surface area contributed by atoms with E-state index in [2.05, 4.69) is 149 Å². The average molecular weight is 552 g/mol. The van der Waals surface area contributed by atoms with Gasteiger partial charge in [0.15, 0.2) is 0 Å². The van der Waals surface area contributed by atoms with Crippen molar-refractivity contribution in [1.82, 2.24) is 10.6 Å². The predicted molar refractivity (Wildman–Crippen MR) is 171 cm³/mol. The highest BCUT2D eigenvalue weighted by Gasteiger charge is 2.32. The van der Waals surface area contributed by atoms with Crippen molar-refractivity contribution in [3.8, 4) is 0 Å². The Morgan fingerprint density at radius 3 is 2.12 bits per heavy atom. The minimum Gasteiger partial charge on any atom is -0.350 e. The second kappa shape index (κ2) is 12.3. The van der Waals surface area contributed by atoms with E-state index in [1.807, 2.05) is 0 Å². The maximum Gasteiger partial charge on any atom is 0.131 e. The standard InChI is InChI=1S/C38H38N4/c1-5-14-27(15-6-1)34-25-33(26-35(39-34)28-16-7-2-8-17-28)31-22-13-23-32(24-31)38-41-36(29-18-9-3-10-19-29)40-37(42-38)30-20-11-4-12-21-30/h1-7,9-15,18-24,26,28,33-34,36,38-39,41H,8,16-17,25H2,(H,40,42)/p+1. The molecule has 0 fully saturated rings. The number of allylic oxidation sites excluding steroid dienone is 4. The fraction of sp³-hybridized carbons (Fsp3) is 0.237. The van der Waals surface area contributed by atoms with E-state index >= 15 is 0 Å². The molecule has 5 unspecified atom stereocenters. The molecule has 0 amide bonds. The van der Waals surface area contributed by atoms with Crippen LogP contribution in [0.2, 0.25) is 0 Å². The minimum atomic E-state index is -0.154. The lowest BCUT2D eigenvalue weighted by atomic mass is 9.81. The van der Waals surface area contributed by atoms with Crippen LogP contribution in [0.4, 0.5) is 0 Å². The molecule has 3 aliphatic rings. The van der Waals surface area contributed by atoms with Gasteiger partial charge < -0.3 is 10.6 Å². The van der Waals surface area contributed by atoms with Crippen molar-refractivity contribution in [2.24, 2.45) is 10.9 Å². The zero-order valence-electron chi connectivity index (χ0n) is 23.9. The molecule has 0 saturated heterocycles. The van der Waals surface area contributed by atoms with Crippen molar-refractivity contribution in [3.05, 3.63) is 167 Å². The van der Waals surface area contributed by atoms with Crippen LogP contribution in [0, 0.1) is 5.92 Å². The number of nitrogens with one attached hydrogen (secondary N) is 2. The highest BCUT2D eigenvalue weighted by Crippen LogP contribution is 2.36. The molecular formula is C38H39N4+. The molecule has 0 radical (unpaired) electrons. The maximum atomic E-state index is 5.20. The summed E-state index contributed by atoms with van der Waals surface area (Å²) in [5, 5.41) is 10.00. The molecule has 210 valence electrons. The third kappa shape index (κ3) is 5.87. The van der Waals surface area contributed by atoms with Gasteiger partial charge >= 0.3 is 0 Å². The number of amidine groups is 1. The molecule has 4 aromatic carbocycles. The lowest BCUT2D eigenvalue weighted by Crippen LogP contribution is -2.85. The third-order valence-electron chi connectivity index (χ3n) is 8.96. The summed E-state index contributed by atoms with van der Waals surface area (Å²) in [5.41, 5.74) is 7.82. The first-order valence-electron chi connectivity index (χ1n) is 15.4. The van der Waals surface area contributed by atoms with Gasteiger partial charge in [-0.1, -0.05) is 127 Å². The number of quaternary nitrogens is 1. The zero-order chi connectivity index (χ0) is 28.1. The first-order chi connectivity index (χ1) is 20.8. The summed E-state index contributed by atoms with van der Waals surface area (Å²) >= 11 is 0. The highest BCUT2D eigenvalue weighted by atomic mass is 15.3. The molecule has 4 nitrogen and oxygen atoms in total. The number of hydrogen-bond donors (Lipinski definition) is 3. The molecule has 0 bridgehead atoms. The van der Waals surface area contributed by atoms with E-state index in [1.165, 1.54) is 40.8 Å². The zero-order valence-corrected chi connectivity index (χ0v) is 23.9. The minimum absolute atomic E-state index is 0.0369. The van der Waals surface area contributed by atoms with Crippen LogP contribution >= 0.6 is 0 Å². The molecule has 2 aliphatic heterocycles. The summed E-state index contributed by atoms with van der Waals surface area (Å²) < 4.78 is 0. The van der Waals surface area contributed by atoms with E-state index in [1.54, 1.807) is 0 Å². The average Bonchev–Trinajstić information content (AvgIpc) is 3.09. The van der Waals surface area contributed by atoms with Crippen molar-refractivity contribution in [3.63, 3.8) is 0 Å². The topological polar surface area (TPSA) is 53.0 Å². The molecule has 0 saturated carbocycles. The third-order valence-corrected chi connectivity index (χ3v) is 8.96. The van der Waals surface area contributed by atoms with Crippen molar-refractivity contribution in [1.29, 1.82) is 0 Å². The molecule has 0 spiro atoms. The molecule has 4 aromatic rings. The Balaban J connectivity index is 1.23. The van der Waals surface area contributed by atoms with Gasteiger partial charge in [0.1, 0.15) is 29.9 Å². The van der Waals surface area contributed by atoms with Crippen LogP contribution in [0.1, 0.15) is 77.8 Å². The van der Waals surface area contributed by atoms with E-state index in [-0.39, 0.29) is 12.3 Å². The molecule has 0 aromatic heterocycles. The second-order valence-corrected chi connectivity index (χ2v) is 11.7. The van der Waals surface area contributed by atoms with Gasteiger partial charge in [0.05, 0.1) is 0 Å². The molecular weight excluding hydrogens is 512 g/mol. The Hall–Kier alpha value is -4.25. The largest absolute Gasteiger partial charge is 0.350 e. The highest BCUT2D eigenvalue weighted by molar-refractivity contribution is 5.99. The number of nitrogens with two attached hydrogens (primary N) is 1. The maximum absolute atomic E-state index is 5.20. The van der Waals surface area contributed by atoms with Gasteiger partial charge in [-0.25, -0.2) is 4.99 Å². The normalized spacial score (nSPS) is 25.7. The van der Waals surface area contributed by atoms with E-state index in [0.29, 0.717) is 17.9 Å². The molecule has 42 heavy (non-hydrogen) atoms. The van der Waals surface area contributed by atoms with Crippen molar-refractivity contribution >= 4 is 5.84 Å². The van der Waals surface area contributed by atoms with Gasteiger partial charge in [-0.2, -0.15) is 0 Å².